The first-order valence-corrected chi connectivity index (χ1v) is 5.79. The molecule has 15 heavy (non-hydrogen) atoms. The maximum atomic E-state index is 11.0. The first kappa shape index (κ1) is 11.9. The van der Waals surface area contributed by atoms with Crippen LogP contribution in [0, 0.1) is 0 Å². The first-order valence-electron chi connectivity index (χ1n) is 5.79. The van der Waals surface area contributed by atoms with Crippen molar-refractivity contribution in [2.45, 2.75) is 45.4 Å². The standard InChI is InChI=1S/C11H13NO.C2H6/c13-10-6-4-9(5-7-10)11-3-1-2-8-12-11;1-2/h1-3,8-9H,4-7H2;1-2H3. The van der Waals surface area contributed by atoms with Crippen molar-refractivity contribution in [3.05, 3.63) is 30.1 Å². The fourth-order valence-electron chi connectivity index (χ4n) is 1.85. The Hall–Kier alpha value is -1.18. The summed E-state index contributed by atoms with van der Waals surface area (Å²) in [7, 11) is 0. The predicted molar refractivity (Wildman–Crippen MR) is 61.8 cm³/mol. The molecule has 1 aliphatic rings. The van der Waals surface area contributed by atoms with E-state index in [1.54, 1.807) is 0 Å². The summed E-state index contributed by atoms with van der Waals surface area (Å²) >= 11 is 0. The van der Waals surface area contributed by atoms with Crippen LogP contribution in [0.1, 0.15) is 51.1 Å². The van der Waals surface area contributed by atoms with Crippen LogP contribution in [0.5, 0.6) is 0 Å². The summed E-state index contributed by atoms with van der Waals surface area (Å²) in [5.74, 6) is 0.922. The lowest BCUT2D eigenvalue weighted by Gasteiger charge is -2.19. The van der Waals surface area contributed by atoms with Crippen LogP contribution in [-0.4, -0.2) is 10.8 Å². The maximum absolute atomic E-state index is 11.0. The van der Waals surface area contributed by atoms with E-state index in [9.17, 15) is 4.79 Å². The Morgan fingerprint density at radius 1 is 1.20 bits per heavy atom. The van der Waals surface area contributed by atoms with E-state index < -0.39 is 0 Å². The molecule has 0 atom stereocenters. The number of pyridine rings is 1. The summed E-state index contributed by atoms with van der Waals surface area (Å²) < 4.78 is 0. The van der Waals surface area contributed by atoms with Crippen LogP contribution in [0.25, 0.3) is 0 Å². The van der Waals surface area contributed by atoms with Crippen molar-refractivity contribution in [2.24, 2.45) is 0 Å². The third-order valence-electron chi connectivity index (χ3n) is 2.65. The number of aromatic nitrogens is 1. The van der Waals surface area contributed by atoms with E-state index in [1.165, 1.54) is 0 Å². The summed E-state index contributed by atoms with van der Waals surface area (Å²) in [6, 6.07) is 6.00. The Morgan fingerprint density at radius 3 is 2.40 bits per heavy atom. The highest BCUT2D eigenvalue weighted by Crippen LogP contribution is 2.29. The molecule has 1 aromatic rings. The molecule has 0 bridgehead atoms. The second-order valence-corrected chi connectivity index (χ2v) is 3.57. The molecule has 0 unspecified atom stereocenters. The fourth-order valence-corrected chi connectivity index (χ4v) is 1.85. The fraction of sp³-hybridized carbons (Fsp3) is 0.538. The molecule has 2 heteroatoms. The second kappa shape index (κ2) is 6.33. The quantitative estimate of drug-likeness (QED) is 0.704. The van der Waals surface area contributed by atoms with Crippen molar-refractivity contribution >= 4 is 5.78 Å². The van der Waals surface area contributed by atoms with E-state index in [0.717, 1.165) is 31.4 Å². The van der Waals surface area contributed by atoms with Crippen LogP contribution in [0.4, 0.5) is 0 Å². The summed E-state index contributed by atoms with van der Waals surface area (Å²) in [5, 5.41) is 0. The Bertz CT molecular complexity index is 285. The molecular formula is C13H19NO. The Balaban J connectivity index is 0.000000531. The van der Waals surface area contributed by atoms with E-state index in [-0.39, 0.29) is 0 Å². The van der Waals surface area contributed by atoms with Gasteiger partial charge in [0.05, 0.1) is 0 Å². The SMILES string of the molecule is CC.O=C1CCC(c2ccccn2)CC1. The molecule has 1 heterocycles. The van der Waals surface area contributed by atoms with Crippen LogP contribution >= 0.6 is 0 Å². The lowest BCUT2D eigenvalue weighted by atomic mass is 9.86. The number of ketones is 1. The van der Waals surface area contributed by atoms with Crippen molar-refractivity contribution < 1.29 is 4.79 Å². The lowest BCUT2D eigenvalue weighted by Crippen LogP contribution is -2.13. The molecule has 0 spiro atoms. The maximum Gasteiger partial charge on any atom is 0.132 e. The summed E-state index contributed by atoms with van der Waals surface area (Å²) in [6.45, 7) is 4.00. The summed E-state index contributed by atoms with van der Waals surface area (Å²) in [4.78, 5) is 15.3. The summed E-state index contributed by atoms with van der Waals surface area (Å²) in [6.07, 6.45) is 5.26. The van der Waals surface area contributed by atoms with Crippen molar-refractivity contribution in [3.63, 3.8) is 0 Å². The van der Waals surface area contributed by atoms with Gasteiger partial charge in [-0.2, -0.15) is 0 Å². The van der Waals surface area contributed by atoms with E-state index in [0.29, 0.717) is 11.7 Å². The molecule has 0 aliphatic heterocycles. The minimum atomic E-state index is 0.409. The normalized spacial score (nSPS) is 16.8. The predicted octanol–water partition coefficient (Wildman–Crippen LogP) is 3.33. The van der Waals surface area contributed by atoms with Crippen LogP contribution in [-0.2, 0) is 4.79 Å². The molecular weight excluding hydrogens is 186 g/mol. The minimum absolute atomic E-state index is 0.409. The van der Waals surface area contributed by atoms with Crippen molar-refractivity contribution in [2.75, 3.05) is 0 Å². The Kier molecular flexibility index (Phi) is 5.02. The first-order chi connectivity index (χ1) is 7.36. The number of rotatable bonds is 1. The molecule has 1 aromatic heterocycles. The minimum Gasteiger partial charge on any atom is -0.300 e. The van der Waals surface area contributed by atoms with Gasteiger partial charge in [0, 0.05) is 30.7 Å². The molecule has 0 saturated heterocycles. The molecule has 0 radical (unpaired) electrons. The zero-order chi connectivity index (χ0) is 11.1. The summed E-state index contributed by atoms with van der Waals surface area (Å²) in [5.41, 5.74) is 1.15. The topological polar surface area (TPSA) is 30.0 Å². The highest BCUT2D eigenvalue weighted by atomic mass is 16.1. The number of carbonyl (C=O) groups is 1. The van der Waals surface area contributed by atoms with Crippen LogP contribution < -0.4 is 0 Å². The number of hydrogen-bond donors (Lipinski definition) is 0. The van der Waals surface area contributed by atoms with E-state index >= 15 is 0 Å². The van der Waals surface area contributed by atoms with Crippen molar-refractivity contribution in [1.29, 1.82) is 0 Å². The van der Waals surface area contributed by atoms with Crippen molar-refractivity contribution in [3.8, 4) is 0 Å². The molecule has 2 rings (SSSR count). The molecule has 0 aromatic carbocycles. The molecule has 0 N–H and O–H groups in total. The number of Topliss-reactive ketones (excluding diaryl/α,β-unsaturated/α-hetero) is 1. The Morgan fingerprint density at radius 2 is 1.87 bits per heavy atom. The monoisotopic (exact) mass is 205 g/mol. The largest absolute Gasteiger partial charge is 0.300 e. The zero-order valence-electron chi connectivity index (χ0n) is 9.57. The smallest absolute Gasteiger partial charge is 0.132 e. The number of carbonyl (C=O) groups excluding carboxylic acids is 1. The molecule has 0 amide bonds. The van der Waals surface area contributed by atoms with Crippen LogP contribution in [0.3, 0.4) is 0 Å². The third kappa shape index (κ3) is 3.46. The van der Waals surface area contributed by atoms with Gasteiger partial charge in [-0.25, -0.2) is 0 Å². The number of nitrogens with zero attached hydrogens (tertiary/aromatic N) is 1. The Labute approximate surface area is 91.7 Å². The van der Waals surface area contributed by atoms with Crippen LogP contribution in [0.2, 0.25) is 0 Å². The van der Waals surface area contributed by atoms with Gasteiger partial charge in [0.1, 0.15) is 5.78 Å². The molecule has 1 fully saturated rings. The number of hydrogen-bond acceptors (Lipinski definition) is 2. The third-order valence-corrected chi connectivity index (χ3v) is 2.65. The zero-order valence-corrected chi connectivity index (χ0v) is 9.57. The molecule has 1 saturated carbocycles. The molecule has 2 nitrogen and oxygen atoms in total. The van der Waals surface area contributed by atoms with Gasteiger partial charge >= 0.3 is 0 Å². The highest BCUT2D eigenvalue weighted by Gasteiger charge is 2.20. The highest BCUT2D eigenvalue weighted by molar-refractivity contribution is 5.79. The van der Waals surface area contributed by atoms with Crippen molar-refractivity contribution in [1.82, 2.24) is 4.98 Å². The van der Waals surface area contributed by atoms with Gasteiger partial charge in [-0.1, -0.05) is 19.9 Å². The lowest BCUT2D eigenvalue weighted by molar-refractivity contribution is -0.120. The van der Waals surface area contributed by atoms with E-state index in [4.69, 9.17) is 0 Å². The van der Waals surface area contributed by atoms with Gasteiger partial charge in [0.25, 0.3) is 0 Å². The average molecular weight is 205 g/mol. The van der Waals surface area contributed by atoms with Gasteiger partial charge in [-0.05, 0) is 25.0 Å². The molecule has 82 valence electrons. The van der Waals surface area contributed by atoms with Crippen LogP contribution in [0.15, 0.2) is 24.4 Å². The van der Waals surface area contributed by atoms with E-state index in [1.807, 2.05) is 32.2 Å². The van der Waals surface area contributed by atoms with Gasteiger partial charge in [-0.15, -0.1) is 0 Å². The van der Waals surface area contributed by atoms with Gasteiger partial charge in [-0.3, -0.25) is 9.78 Å². The second-order valence-electron chi connectivity index (χ2n) is 3.57. The van der Waals surface area contributed by atoms with E-state index in [2.05, 4.69) is 11.1 Å². The average Bonchev–Trinajstić information content (AvgIpc) is 2.34. The van der Waals surface area contributed by atoms with Gasteiger partial charge < -0.3 is 0 Å². The van der Waals surface area contributed by atoms with Gasteiger partial charge in [0.2, 0.25) is 0 Å². The molecule has 1 aliphatic carbocycles. The van der Waals surface area contributed by atoms with Gasteiger partial charge in [0.15, 0.2) is 0 Å².